The van der Waals surface area contributed by atoms with Crippen LogP contribution in [0.5, 0.6) is 0 Å². The van der Waals surface area contributed by atoms with Gasteiger partial charge in [0.05, 0.1) is 0 Å². The average molecular weight is 264 g/mol. The topological polar surface area (TPSA) is 49.8 Å². The van der Waals surface area contributed by atoms with Crippen molar-refractivity contribution in [1.29, 1.82) is 0 Å². The van der Waals surface area contributed by atoms with Crippen LogP contribution in [0.2, 0.25) is 0 Å². The molecular weight excluding hydrogens is 236 g/mol. The van der Waals surface area contributed by atoms with E-state index in [-0.39, 0.29) is 5.54 Å². The average Bonchev–Trinajstić information content (AvgIpc) is 2.40. The van der Waals surface area contributed by atoms with Crippen LogP contribution in [0.3, 0.4) is 0 Å². The molecule has 1 aromatic rings. The molecule has 0 unspecified atom stereocenters. The van der Waals surface area contributed by atoms with Crippen molar-refractivity contribution in [3.05, 3.63) is 11.4 Å². The lowest BCUT2D eigenvalue weighted by molar-refractivity contribution is 0.475. The minimum absolute atomic E-state index is 0.0817. The van der Waals surface area contributed by atoms with Crippen molar-refractivity contribution in [3.63, 3.8) is 0 Å². The summed E-state index contributed by atoms with van der Waals surface area (Å²) in [6.07, 6.45) is 2.14. The number of nitrogens with one attached hydrogen (secondary N) is 2. The maximum Gasteiger partial charge on any atom is 0.135 e. The second-order valence-electron chi connectivity index (χ2n) is 5.70. The summed E-state index contributed by atoms with van der Waals surface area (Å²) in [5, 5.41) is 6.76. The second-order valence-corrected chi connectivity index (χ2v) is 5.70. The van der Waals surface area contributed by atoms with Gasteiger partial charge in [-0.1, -0.05) is 27.7 Å². The molecule has 0 saturated heterocycles. The minimum Gasteiger partial charge on any atom is -0.373 e. The molecule has 108 valence electrons. The Hall–Kier alpha value is -1.32. The Morgan fingerprint density at radius 3 is 2.05 bits per heavy atom. The fourth-order valence-electron chi connectivity index (χ4n) is 1.87. The molecule has 0 aromatic carbocycles. The van der Waals surface area contributed by atoms with E-state index in [1.54, 1.807) is 0 Å². The van der Waals surface area contributed by atoms with Crippen molar-refractivity contribution in [1.82, 2.24) is 9.97 Å². The van der Waals surface area contributed by atoms with Gasteiger partial charge < -0.3 is 10.6 Å². The monoisotopic (exact) mass is 264 g/mol. The van der Waals surface area contributed by atoms with E-state index in [1.807, 2.05) is 7.05 Å². The molecule has 2 N–H and O–H groups in total. The summed E-state index contributed by atoms with van der Waals surface area (Å²) in [5.74, 6) is 3.07. The third-order valence-electron chi connectivity index (χ3n) is 3.90. The fourth-order valence-corrected chi connectivity index (χ4v) is 1.87. The van der Waals surface area contributed by atoms with Gasteiger partial charge in [0.25, 0.3) is 0 Å². The van der Waals surface area contributed by atoms with Crippen LogP contribution < -0.4 is 10.6 Å². The Kier molecular flexibility index (Phi) is 5.15. The van der Waals surface area contributed by atoms with E-state index in [0.29, 0.717) is 5.92 Å². The Bertz CT molecular complexity index is 422. The van der Waals surface area contributed by atoms with Gasteiger partial charge in [-0.2, -0.15) is 0 Å². The van der Waals surface area contributed by atoms with Gasteiger partial charge in [-0.3, -0.25) is 0 Å². The molecule has 0 aliphatic carbocycles. The lowest BCUT2D eigenvalue weighted by Gasteiger charge is -2.30. The number of hydrogen-bond donors (Lipinski definition) is 2. The van der Waals surface area contributed by atoms with E-state index in [2.05, 4.69) is 57.2 Å². The van der Waals surface area contributed by atoms with Gasteiger partial charge in [0.1, 0.15) is 17.5 Å². The predicted octanol–water partition coefficient (Wildman–Crippen LogP) is 3.94. The third-order valence-corrected chi connectivity index (χ3v) is 3.90. The van der Waals surface area contributed by atoms with Crippen LogP contribution in [-0.2, 0) is 0 Å². The van der Waals surface area contributed by atoms with E-state index in [9.17, 15) is 0 Å². The molecule has 1 heterocycles. The molecule has 0 aliphatic heterocycles. The molecule has 4 heteroatoms. The molecule has 4 nitrogen and oxygen atoms in total. The number of hydrogen-bond acceptors (Lipinski definition) is 4. The molecule has 19 heavy (non-hydrogen) atoms. The van der Waals surface area contributed by atoms with Gasteiger partial charge in [0.15, 0.2) is 0 Å². The zero-order valence-corrected chi connectivity index (χ0v) is 13.4. The van der Waals surface area contributed by atoms with Crippen LogP contribution in [0.4, 0.5) is 11.6 Å². The summed E-state index contributed by atoms with van der Waals surface area (Å²) in [7, 11) is 1.90. The third kappa shape index (κ3) is 3.58. The number of anilines is 2. The lowest BCUT2D eigenvalue weighted by atomic mass is 9.95. The summed E-state index contributed by atoms with van der Waals surface area (Å²) in [4.78, 5) is 9.27. The highest BCUT2D eigenvalue weighted by Crippen LogP contribution is 2.27. The Balaban J connectivity index is 3.22. The molecule has 0 bridgehead atoms. The summed E-state index contributed by atoms with van der Waals surface area (Å²) in [5.41, 5.74) is 1.17. The van der Waals surface area contributed by atoms with Gasteiger partial charge in [0, 0.05) is 24.1 Å². The fraction of sp³-hybridized carbons (Fsp3) is 0.733. The van der Waals surface area contributed by atoms with Crippen LogP contribution in [-0.4, -0.2) is 22.6 Å². The zero-order valence-electron chi connectivity index (χ0n) is 13.4. The number of rotatable bonds is 6. The SMILES string of the molecule is CCC(C)(CC)Nc1nc(C(C)C)nc(NC)c1C. The Labute approximate surface area is 117 Å². The van der Waals surface area contributed by atoms with Crippen molar-refractivity contribution >= 4 is 11.6 Å². The summed E-state index contributed by atoms with van der Waals surface area (Å²) < 4.78 is 0. The Morgan fingerprint density at radius 1 is 1.11 bits per heavy atom. The number of aromatic nitrogens is 2. The van der Waals surface area contributed by atoms with Crippen LogP contribution in [0.15, 0.2) is 0 Å². The summed E-state index contributed by atoms with van der Waals surface area (Å²) in [6.45, 7) is 12.9. The molecule has 0 aliphatic rings. The molecule has 0 amide bonds. The minimum atomic E-state index is 0.0817. The first-order valence-electron chi connectivity index (χ1n) is 7.21. The van der Waals surface area contributed by atoms with E-state index >= 15 is 0 Å². The maximum atomic E-state index is 4.70. The molecule has 0 saturated carbocycles. The van der Waals surface area contributed by atoms with Crippen molar-refractivity contribution in [2.75, 3.05) is 17.7 Å². The first-order chi connectivity index (χ1) is 8.86. The molecule has 1 rings (SSSR count). The first-order valence-corrected chi connectivity index (χ1v) is 7.21. The van der Waals surface area contributed by atoms with Crippen molar-refractivity contribution < 1.29 is 0 Å². The van der Waals surface area contributed by atoms with Gasteiger partial charge in [-0.15, -0.1) is 0 Å². The highest BCUT2D eigenvalue weighted by Gasteiger charge is 2.22. The summed E-state index contributed by atoms with van der Waals surface area (Å²) >= 11 is 0. The normalized spacial score (nSPS) is 11.8. The van der Waals surface area contributed by atoms with Crippen LogP contribution in [0, 0.1) is 6.92 Å². The van der Waals surface area contributed by atoms with Crippen molar-refractivity contribution in [2.24, 2.45) is 0 Å². The van der Waals surface area contributed by atoms with Crippen LogP contribution in [0.1, 0.15) is 64.8 Å². The smallest absolute Gasteiger partial charge is 0.135 e. The van der Waals surface area contributed by atoms with Gasteiger partial charge in [0.2, 0.25) is 0 Å². The molecule has 0 atom stereocenters. The second kappa shape index (κ2) is 6.22. The predicted molar refractivity (Wildman–Crippen MR) is 83.0 cm³/mol. The largest absolute Gasteiger partial charge is 0.373 e. The van der Waals surface area contributed by atoms with E-state index in [0.717, 1.165) is 35.9 Å². The molecule has 1 aromatic heterocycles. The quantitative estimate of drug-likeness (QED) is 0.817. The van der Waals surface area contributed by atoms with Crippen LogP contribution >= 0.6 is 0 Å². The highest BCUT2D eigenvalue weighted by atomic mass is 15.1. The lowest BCUT2D eigenvalue weighted by Crippen LogP contribution is -2.34. The zero-order chi connectivity index (χ0) is 14.6. The van der Waals surface area contributed by atoms with Gasteiger partial charge in [-0.25, -0.2) is 9.97 Å². The van der Waals surface area contributed by atoms with Gasteiger partial charge >= 0.3 is 0 Å². The molecule has 0 spiro atoms. The maximum absolute atomic E-state index is 4.70. The standard InChI is InChI=1S/C15H28N4/c1-8-15(6,9-2)19-14-11(5)13(16-7)17-12(18-14)10(3)4/h10H,8-9H2,1-7H3,(H2,16,17,18,19). The molecular formula is C15H28N4. The molecule has 0 fully saturated rings. The van der Waals surface area contributed by atoms with Crippen molar-refractivity contribution in [2.45, 2.75) is 65.8 Å². The summed E-state index contributed by atoms with van der Waals surface area (Å²) in [6, 6.07) is 0. The number of nitrogens with zero attached hydrogens (tertiary/aromatic N) is 2. The highest BCUT2D eigenvalue weighted by molar-refractivity contribution is 5.58. The Morgan fingerprint density at radius 2 is 1.63 bits per heavy atom. The first kappa shape index (κ1) is 15.7. The van der Waals surface area contributed by atoms with Crippen molar-refractivity contribution in [3.8, 4) is 0 Å². The van der Waals surface area contributed by atoms with Crippen LogP contribution in [0.25, 0.3) is 0 Å². The van der Waals surface area contributed by atoms with E-state index in [4.69, 9.17) is 4.98 Å². The van der Waals surface area contributed by atoms with E-state index < -0.39 is 0 Å². The van der Waals surface area contributed by atoms with Gasteiger partial charge in [-0.05, 0) is 26.7 Å². The molecule has 0 radical (unpaired) electrons. The van der Waals surface area contributed by atoms with E-state index in [1.165, 1.54) is 0 Å².